The molecule has 1 aromatic rings. The Bertz CT molecular complexity index is 376. The molecule has 0 unspecified atom stereocenters. The second-order valence-electron chi connectivity index (χ2n) is 4.52. The third-order valence-electron chi connectivity index (χ3n) is 2.65. The molecule has 0 fully saturated rings. The van der Waals surface area contributed by atoms with Crippen LogP contribution in [0.15, 0.2) is 24.7 Å². The zero-order valence-electron chi connectivity index (χ0n) is 11.7. The van der Waals surface area contributed by atoms with Gasteiger partial charge in [-0.3, -0.25) is 0 Å². The fraction of sp³-hybridized carbons (Fsp3) is 0.571. The fourth-order valence-corrected chi connectivity index (χ4v) is 1.82. The van der Waals surface area contributed by atoms with Crippen LogP contribution in [0, 0.1) is 0 Å². The molecule has 1 aromatic heterocycles. The molecule has 0 aliphatic heterocycles. The lowest BCUT2D eigenvalue weighted by Gasteiger charge is -2.24. The Labute approximate surface area is 110 Å². The molecule has 0 aromatic carbocycles. The van der Waals surface area contributed by atoms with E-state index in [2.05, 4.69) is 40.6 Å². The minimum atomic E-state index is 0.816. The van der Waals surface area contributed by atoms with E-state index in [1.807, 2.05) is 13.1 Å². The van der Waals surface area contributed by atoms with Crippen LogP contribution in [0.3, 0.4) is 0 Å². The Morgan fingerprint density at radius 3 is 2.83 bits per heavy atom. The van der Waals surface area contributed by atoms with Crippen LogP contribution < -0.4 is 10.2 Å². The van der Waals surface area contributed by atoms with Crippen molar-refractivity contribution < 1.29 is 0 Å². The van der Waals surface area contributed by atoms with Gasteiger partial charge < -0.3 is 10.2 Å². The quantitative estimate of drug-likeness (QED) is 0.566. The van der Waals surface area contributed by atoms with Crippen molar-refractivity contribution in [3.05, 3.63) is 30.2 Å². The smallest absolute Gasteiger partial charge is 0.136 e. The molecular formula is C14H24N4. The molecule has 0 radical (unpaired) electrons. The molecule has 0 atom stereocenters. The van der Waals surface area contributed by atoms with Gasteiger partial charge in [0.15, 0.2) is 0 Å². The van der Waals surface area contributed by atoms with E-state index < -0.39 is 0 Å². The standard InChI is InChI=1S/C14H24N4/c1-5-7-15-8-13-9-16-11-17-14(13)18(6-2)10-12(3)4/h9,11,15H,3,5-8,10H2,1-2,4H3. The van der Waals surface area contributed by atoms with Crippen molar-refractivity contribution in [1.29, 1.82) is 0 Å². The lowest BCUT2D eigenvalue weighted by Crippen LogP contribution is -2.28. The third-order valence-corrected chi connectivity index (χ3v) is 2.65. The number of hydrogen-bond donors (Lipinski definition) is 1. The molecule has 0 bridgehead atoms. The van der Waals surface area contributed by atoms with Gasteiger partial charge in [-0.1, -0.05) is 19.1 Å². The maximum atomic E-state index is 4.42. The van der Waals surface area contributed by atoms with E-state index in [9.17, 15) is 0 Å². The zero-order valence-corrected chi connectivity index (χ0v) is 11.7. The summed E-state index contributed by atoms with van der Waals surface area (Å²) >= 11 is 0. The summed E-state index contributed by atoms with van der Waals surface area (Å²) in [6.45, 7) is 13.9. The lowest BCUT2D eigenvalue weighted by molar-refractivity contribution is 0.668. The molecule has 18 heavy (non-hydrogen) atoms. The predicted molar refractivity (Wildman–Crippen MR) is 76.7 cm³/mol. The van der Waals surface area contributed by atoms with Crippen LogP contribution in [0.4, 0.5) is 5.82 Å². The Hall–Kier alpha value is -1.42. The molecule has 0 aliphatic carbocycles. The molecule has 100 valence electrons. The largest absolute Gasteiger partial charge is 0.353 e. The number of anilines is 1. The van der Waals surface area contributed by atoms with Crippen molar-refractivity contribution in [2.24, 2.45) is 0 Å². The van der Waals surface area contributed by atoms with Gasteiger partial charge in [-0.2, -0.15) is 0 Å². The van der Waals surface area contributed by atoms with Crippen LogP contribution >= 0.6 is 0 Å². The Morgan fingerprint density at radius 2 is 2.22 bits per heavy atom. The second kappa shape index (κ2) is 7.82. The van der Waals surface area contributed by atoms with Gasteiger partial charge in [0, 0.05) is 31.4 Å². The average molecular weight is 248 g/mol. The molecule has 0 amide bonds. The van der Waals surface area contributed by atoms with Crippen molar-refractivity contribution >= 4 is 5.82 Å². The topological polar surface area (TPSA) is 41.1 Å². The lowest BCUT2D eigenvalue weighted by atomic mass is 10.2. The molecule has 1 rings (SSSR count). The van der Waals surface area contributed by atoms with Gasteiger partial charge in [0.25, 0.3) is 0 Å². The van der Waals surface area contributed by atoms with E-state index in [1.165, 1.54) is 0 Å². The van der Waals surface area contributed by atoms with E-state index in [0.29, 0.717) is 0 Å². The van der Waals surface area contributed by atoms with Gasteiger partial charge in [-0.05, 0) is 26.8 Å². The number of rotatable bonds is 8. The Kier molecular flexibility index (Phi) is 6.36. The molecule has 1 heterocycles. The summed E-state index contributed by atoms with van der Waals surface area (Å²) in [6.07, 6.45) is 4.64. The van der Waals surface area contributed by atoms with Crippen LogP contribution in [-0.4, -0.2) is 29.6 Å². The Morgan fingerprint density at radius 1 is 1.44 bits per heavy atom. The van der Waals surface area contributed by atoms with Crippen LogP contribution in [0.2, 0.25) is 0 Å². The first kappa shape index (κ1) is 14.6. The first-order valence-corrected chi connectivity index (χ1v) is 6.57. The monoisotopic (exact) mass is 248 g/mol. The highest BCUT2D eigenvalue weighted by Crippen LogP contribution is 2.16. The van der Waals surface area contributed by atoms with Crippen LogP contribution in [0.1, 0.15) is 32.8 Å². The van der Waals surface area contributed by atoms with Gasteiger partial charge in [-0.25, -0.2) is 9.97 Å². The van der Waals surface area contributed by atoms with Crippen LogP contribution in [0.25, 0.3) is 0 Å². The Balaban J connectivity index is 2.81. The maximum absolute atomic E-state index is 4.42. The zero-order chi connectivity index (χ0) is 13.4. The molecule has 0 aliphatic rings. The SMILES string of the molecule is C=C(C)CN(CC)c1ncncc1CNCCC. The molecule has 0 saturated heterocycles. The molecule has 4 heteroatoms. The highest BCUT2D eigenvalue weighted by molar-refractivity contribution is 5.46. The van der Waals surface area contributed by atoms with Crippen molar-refractivity contribution in [3.8, 4) is 0 Å². The predicted octanol–water partition coefficient (Wildman–Crippen LogP) is 2.38. The van der Waals surface area contributed by atoms with E-state index in [4.69, 9.17) is 0 Å². The van der Waals surface area contributed by atoms with Gasteiger partial charge >= 0.3 is 0 Å². The number of hydrogen-bond acceptors (Lipinski definition) is 4. The first-order chi connectivity index (χ1) is 8.69. The number of likely N-dealkylation sites (N-methyl/N-ethyl adjacent to an activating group) is 1. The van der Waals surface area contributed by atoms with Crippen molar-refractivity contribution in [2.75, 3.05) is 24.5 Å². The van der Waals surface area contributed by atoms with Crippen LogP contribution in [-0.2, 0) is 6.54 Å². The summed E-state index contributed by atoms with van der Waals surface area (Å²) in [7, 11) is 0. The normalized spacial score (nSPS) is 10.4. The highest BCUT2D eigenvalue weighted by Gasteiger charge is 2.11. The molecule has 0 spiro atoms. The third kappa shape index (κ3) is 4.45. The number of aromatic nitrogens is 2. The average Bonchev–Trinajstić information content (AvgIpc) is 2.37. The van der Waals surface area contributed by atoms with Gasteiger partial charge in [-0.15, -0.1) is 0 Å². The maximum Gasteiger partial charge on any atom is 0.136 e. The van der Waals surface area contributed by atoms with Crippen molar-refractivity contribution in [2.45, 2.75) is 33.7 Å². The fourth-order valence-electron chi connectivity index (χ4n) is 1.82. The van der Waals surface area contributed by atoms with Gasteiger partial charge in [0.05, 0.1) is 0 Å². The number of nitrogens with zero attached hydrogens (tertiary/aromatic N) is 3. The molecular weight excluding hydrogens is 224 g/mol. The summed E-state index contributed by atoms with van der Waals surface area (Å²) in [5.41, 5.74) is 2.29. The van der Waals surface area contributed by atoms with E-state index in [1.54, 1.807) is 6.33 Å². The summed E-state index contributed by atoms with van der Waals surface area (Å²) in [5, 5.41) is 3.39. The molecule has 0 saturated carbocycles. The van der Waals surface area contributed by atoms with Gasteiger partial charge in [0.1, 0.15) is 12.1 Å². The summed E-state index contributed by atoms with van der Waals surface area (Å²) in [6, 6.07) is 0. The van der Waals surface area contributed by atoms with Gasteiger partial charge in [0.2, 0.25) is 0 Å². The number of nitrogens with one attached hydrogen (secondary N) is 1. The van der Waals surface area contributed by atoms with E-state index >= 15 is 0 Å². The summed E-state index contributed by atoms with van der Waals surface area (Å²) in [4.78, 5) is 10.8. The summed E-state index contributed by atoms with van der Waals surface area (Å²) in [5.74, 6) is 1.01. The highest BCUT2D eigenvalue weighted by atomic mass is 15.2. The van der Waals surface area contributed by atoms with E-state index in [-0.39, 0.29) is 0 Å². The second-order valence-corrected chi connectivity index (χ2v) is 4.52. The minimum Gasteiger partial charge on any atom is -0.353 e. The molecule has 1 N–H and O–H groups in total. The van der Waals surface area contributed by atoms with Crippen LogP contribution in [0.5, 0.6) is 0 Å². The summed E-state index contributed by atoms with van der Waals surface area (Å²) < 4.78 is 0. The van der Waals surface area contributed by atoms with Crippen molar-refractivity contribution in [3.63, 3.8) is 0 Å². The minimum absolute atomic E-state index is 0.816. The first-order valence-electron chi connectivity index (χ1n) is 6.57. The molecule has 4 nitrogen and oxygen atoms in total. The van der Waals surface area contributed by atoms with Crippen molar-refractivity contribution in [1.82, 2.24) is 15.3 Å². The van der Waals surface area contributed by atoms with E-state index in [0.717, 1.165) is 49.6 Å².